The Morgan fingerprint density at radius 2 is 1.93 bits per heavy atom. The van der Waals surface area contributed by atoms with Crippen LogP contribution in [0.1, 0.15) is 33.6 Å². The van der Waals surface area contributed by atoms with Crippen molar-refractivity contribution in [1.82, 2.24) is 4.31 Å². The summed E-state index contributed by atoms with van der Waals surface area (Å²) in [5.74, 6) is 0. The molecular weight excluding hydrogens is 214 g/mol. The van der Waals surface area contributed by atoms with E-state index in [1.807, 2.05) is 20.8 Å². The fourth-order valence-corrected chi connectivity index (χ4v) is 2.70. The van der Waals surface area contributed by atoms with Crippen LogP contribution < -0.4 is 0 Å². The van der Waals surface area contributed by atoms with E-state index in [-0.39, 0.29) is 11.7 Å². The zero-order valence-electron chi connectivity index (χ0n) is 9.99. The average Bonchev–Trinajstić information content (AvgIpc) is 1.99. The van der Waals surface area contributed by atoms with E-state index in [2.05, 4.69) is 0 Å². The van der Waals surface area contributed by atoms with E-state index in [0.29, 0.717) is 13.1 Å². The molecule has 1 heterocycles. The lowest BCUT2D eigenvalue weighted by atomic mass is 10.1. The fraction of sp³-hybridized carbons (Fsp3) is 1.00. The Morgan fingerprint density at radius 3 is 2.40 bits per heavy atom. The Hall–Kier alpha value is -0.130. The Bertz CT molecular complexity index is 305. The second kappa shape index (κ2) is 4.39. The highest BCUT2D eigenvalue weighted by molar-refractivity contribution is 7.88. The third-order valence-electron chi connectivity index (χ3n) is 2.33. The Balaban J connectivity index is 2.57. The monoisotopic (exact) mass is 235 g/mol. The van der Waals surface area contributed by atoms with Crippen LogP contribution in [0.4, 0.5) is 0 Å². The number of hydrogen-bond donors (Lipinski definition) is 0. The summed E-state index contributed by atoms with van der Waals surface area (Å²) in [5.41, 5.74) is -0.203. The van der Waals surface area contributed by atoms with Crippen molar-refractivity contribution in [3.05, 3.63) is 0 Å². The molecule has 1 aliphatic rings. The van der Waals surface area contributed by atoms with Crippen LogP contribution in [0.25, 0.3) is 0 Å². The second-order valence-electron chi connectivity index (χ2n) is 5.12. The predicted octanol–water partition coefficient (Wildman–Crippen LogP) is 1.23. The van der Waals surface area contributed by atoms with E-state index >= 15 is 0 Å². The summed E-state index contributed by atoms with van der Waals surface area (Å²) < 4.78 is 30.0. The number of rotatable bonds is 2. The zero-order valence-corrected chi connectivity index (χ0v) is 10.8. The summed E-state index contributed by atoms with van der Waals surface area (Å²) in [7, 11) is -3.06. The van der Waals surface area contributed by atoms with Crippen molar-refractivity contribution < 1.29 is 13.2 Å². The smallest absolute Gasteiger partial charge is 0.211 e. The first-order valence-corrected chi connectivity index (χ1v) is 7.16. The maximum Gasteiger partial charge on any atom is 0.211 e. The first-order valence-electron chi connectivity index (χ1n) is 5.31. The number of ether oxygens (including phenoxy) is 1. The molecule has 1 fully saturated rings. The lowest BCUT2D eigenvalue weighted by molar-refractivity contribution is -0.0768. The molecule has 1 atom stereocenters. The molecule has 0 N–H and O–H groups in total. The first kappa shape index (κ1) is 12.9. The molecule has 0 radical (unpaired) electrons. The number of hydrogen-bond acceptors (Lipinski definition) is 3. The highest BCUT2D eigenvalue weighted by atomic mass is 32.2. The van der Waals surface area contributed by atoms with Crippen LogP contribution in [-0.2, 0) is 14.8 Å². The van der Waals surface area contributed by atoms with Crippen molar-refractivity contribution in [1.29, 1.82) is 0 Å². The van der Waals surface area contributed by atoms with E-state index in [9.17, 15) is 8.42 Å². The summed E-state index contributed by atoms with van der Waals surface area (Å²) in [6.07, 6.45) is 3.12. The molecule has 0 bridgehead atoms. The summed E-state index contributed by atoms with van der Waals surface area (Å²) in [4.78, 5) is 0. The van der Waals surface area contributed by atoms with E-state index in [1.54, 1.807) is 0 Å². The van der Waals surface area contributed by atoms with Gasteiger partial charge in [0.05, 0.1) is 18.0 Å². The Kier molecular flexibility index (Phi) is 3.79. The SMILES string of the molecule is CC(C)(C)OC1CCCN(S(C)(=O)=O)C1. The maximum atomic E-state index is 11.4. The first-order chi connectivity index (χ1) is 6.68. The maximum absolute atomic E-state index is 11.4. The van der Waals surface area contributed by atoms with Crippen LogP contribution in [0.3, 0.4) is 0 Å². The van der Waals surface area contributed by atoms with Crippen LogP contribution in [0.15, 0.2) is 0 Å². The van der Waals surface area contributed by atoms with Gasteiger partial charge in [0, 0.05) is 13.1 Å². The lowest BCUT2D eigenvalue weighted by Crippen LogP contribution is -2.44. The molecular formula is C10H21NO3S. The molecule has 0 aromatic heterocycles. The van der Waals surface area contributed by atoms with E-state index < -0.39 is 10.0 Å². The van der Waals surface area contributed by atoms with Gasteiger partial charge in [-0.05, 0) is 33.6 Å². The second-order valence-corrected chi connectivity index (χ2v) is 7.10. The Labute approximate surface area is 92.7 Å². The van der Waals surface area contributed by atoms with Gasteiger partial charge in [0.15, 0.2) is 0 Å². The van der Waals surface area contributed by atoms with Crippen molar-refractivity contribution in [2.45, 2.75) is 45.3 Å². The highest BCUT2D eigenvalue weighted by Crippen LogP contribution is 2.20. The zero-order chi connectivity index (χ0) is 11.7. The predicted molar refractivity (Wildman–Crippen MR) is 60.3 cm³/mol. The number of sulfonamides is 1. The molecule has 1 aliphatic heterocycles. The normalized spacial score (nSPS) is 25.5. The quantitative estimate of drug-likeness (QED) is 0.723. The van der Waals surface area contributed by atoms with Crippen LogP contribution in [0, 0.1) is 0 Å². The summed E-state index contributed by atoms with van der Waals surface area (Å²) in [6.45, 7) is 7.10. The van der Waals surface area contributed by atoms with Crippen molar-refractivity contribution >= 4 is 10.0 Å². The van der Waals surface area contributed by atoms with Gasteiger partial charge in [-0.25, -0.2) is 8.42 Å². The number of nitrogens with zero attached hydrogens (tertiary/aromatic N) is 1. The van der Waals surface area contributed by atoms with Crippen LogP contribution in [0.2, 0.25) is 0 Å². The van der Waals surface area contributed by atoms with Gasteiger partial charge in [-0.15, -0.1) is 0 Å². The Morgan fingerprint density at radius 1 is 1.33 bits per heavy atom. The highest BCUT2D eigenvalue weighted by Gasteiger charge is 2.28. The molecule has 0 amide bonds. The average molecular weight is 235 g/mol. The molecule has 1 rings (SSSR count). The van der Waals surface area contributed by atoms with E-state index in [1.165, 1.54) is 10.6 Å². The van der Waals surface area contributed by atoms with Crippen molar-refractivity contribution in [3.63, 3.8) is 0 Å². The van der Waals surface area contributed by atoms with Gasteiger partial charge in [-0.2, -0.15) is 4.31 Å². The largest absolute Gasteiger partial charge is 0.371 e. The third kappa shape index (κ3) is 4.49. The summed E-state index contributed by atoms with van der Waals surface area (Å²) in [6, 6.07) is 0. The van der Waals surface area contributed by atoms with Crippen LogP contribution in [0.5, 0.6) is 0 Å². The lowest BCUT2D eigenvalue weighted by Gasteiger charge is -2.34. The molecule has 4 nitrogen and oxygen atoms in total. The molecule has 0 saturated carbocycles. The van der Waals surface area contributed by atoms with E-state index in [0.717, 1.165) is 12.8 Å². The molecule has 0 aliphatic carbocycles. The minimum Gasteiger partial charge on any atom is -0.371 e. The molecule has 0 spiro atoms. The van der Waals surface area contributed by atoms with Crippen molar-refractivity contribution in [2.75, 3.05) is 19.3 Å². The van der Waals surface area contributed by atoms with Gasteiger partial charge in [0.2, 0.25) is 10.0 Å². The van der Waals surface area contributed by atoms with Gasteiger partial charge in [-0.1, -0.05) is 0 Å². The number of piperidine rings is 1. The van der Waals surface area contributed by atoms with Gasteiger partial charge >= 0.3 is 0 Å². The fourth-order valence-electron chi connectivity index (χ4n) is 1.80. The molecule has 1 saturated heterocycles. The topological polar surface area (TPSA) is 46.6 Å². The van der Waals surface area contributed by atoms with Crippen LogP contribution >= 0.6 is 0 Å². The minimum absolute atomic E-state index is 0.0356. The summed E-state index contributed by atoms with van der Waals surface area (Å²) in [5, 5.41) is 0. The molecule has 15 heavy (non-hydrogen) atoms. The van der Waals surface area contributed by atoms with E-state index in [4.69, 9.17) is 4.74 Å². The minimum atomic E-state index is -3.06. The molecule has 0 aromatic carbocycles. The van der Waals surface area contributed by atoms with Gasteiger partial charge in [0.1, 0.15) is 0 Å². The molecule has 5 heteroatoms. The van der Waals surface area contributed by atoms with Gasteiger partial charge in [-0.3, -0.25) is 0 Å². The molecule has 90 valence electrons. The standard InChI is InChI=1S/C10H21NO3S/c1-10(2,3)14-9-6-5-7-11(8-9)15(4,12)13/h9H,5-8H2,1-4H3. The molecule has 1 unspecified atom stereocenters. The van der Waals surface area contributed by atoms with Crippen LogP contribution in [-0.4, -0.2) is 43.8 Å². The molecule has 0 aromatic rings. The van der Waals surface area contributed by atoms with Gasteiger partial charge < -0.3 is 4.74 Å². The van der Waals surface area contributed by atoms with Crippen molar-refractivity contribution in [3.8, 4) is 0 Å². The summed E-state index contributed by atoms with van der Waals surface area (Å²) >= 11 is 0. The van der Waals surface area contributed by atoms with Crippen molar-refractivity contribution in [2.24, 2.45) is 0 Å². The van der Waals surface area contributed by atoms with Gasteiger partial charge in [0.25, 0.3) is 0 Å². The third-order valence-corrected chi connectivity index (χ3v) is 3.60.